The van der Waals surface area contributed by atoms with Crippen molar-refractivity contribution in [3.05, 3.63) is 41.3 Å². The van der Waals surface area contributed by atoms with Crippen LogP contribution in [-0.2, 0) is 10.0 Å². The molecule has 7 heteroatoms. The molecule has 0 amide bonds. The minimum Gasteiger partial charge on any atom is -0.242 e. The average molecular weight is 323 g/mol. The van der Waals surface area contributed by atoms with Crippen molar-refractivity contribution >= 4 is 21.4 Å². The number of piperidine rings is 1. The van der Waals surface area contributed by atoms with E-state index < -0.39 is 10.0 Å². The maximum Gasteiger partial charge on any atom is 0.252 e. The van der Waals surface area contributed by atoms with E-state index in [1.54, 1.807) is 28.0 Å². The molecule has 2 aromatic rings. The van der Waals surface area contributed by atoms with Gasteiger partial charge in [-0.3, -0.25) is 0 Å². The zero-order valence-electron chi connectivity index (χ0n) is 11.8. The number of hydrogen-bond donors (Lipinski definition) is 0. The van der Waals surface area contributed by atoms with Crippen LogP contribution in [0.15, 0.2) is 34.0 Å². The second-order valence-electron chi connectivity index (χ2n) is 5.16. The predicted octanol–water partition coefficient (Wildman–Crippen LogP) is 2.41. The molecule has 21 heavy (non-hydrogen) atoms. The summed E-state index contributed by atoms with van der Waals surface area (Å²) in [5.74, 6) is 0.876. The molecule has 0 N–H and O–H groups in total. The van der Waals surface area contributed by atoms with Gasteiger partial charge in [-0.05, 0) is 37.3 Å². The lowest BCUT2D eigenvalue weighted by molar-refractivity contribution is 0.313. The lowest BCUT2D eigenvalue weighted by Crippen LogP contribution is -2.39. The maximum absolute atomic E-state index is 12.6. The van der Waals surface area contributed by atoms with Crippen LogP contribution in [0.2, 0.25) is 0 Å². The van der Waals surface area contributed by atoms with Gasteiger partial charge in [-0.15, -0.1) is 11.3 Å². The fraction of sp³-hybridized carbons (Fsp3) is 0.429. The number of aryl methyl sites for hydroxylation is 1. The number of hydrogen-bond acceptors (Lipinski definition) is 5. The summed E-state index contributed by atoms with van der Waals surface area (Å²) in [5, 5.41) is 1.79. The fourth-order valence-corrected chi connectivity index (χ4v) is 5.31. The lowest BCUT2D eigenvalue weighted by Gasteiger charge is -2.31. The topological polar surface area (TPSA) is 63.2 Å². The van der Waals surface area contributed by atoms with E-state index >= 15 is 0 Å². The van der Waals surface area contributed by atoms with E-state index in [0.29, 0.717) is 17.3 Å². The molecule has 0 spiro atoms. The third-order valence-electron chi connectivity index (χ3n) is 3.69. The van der Waals surface area contributed by atoms with Crippen LogP contribution in [0.4, 0.5) is 0 Å². The summed E-state index contributed by atoms with van der Waals surface area (Å²) in [6.45, 7) is 2.93. The molecule has 1 aliphatic heterocycles. The number of thiophene rings is 1. The summed E-state index contributed by atoms with van der Waals surface area (Å²) in [5.41, 5.74) is 0.938. The Kier molecular flexibility index (Phi) is 4.05. The van der Waals surface area contributed by atoms with Gasteiger partial charge in [-0.2, -0.15) is 4.31 Å². The maximum atomic E-state index is 12.6. The molecule has 1 atom stereocenters. The first kappa shape index (κ1) is 14.6. The highest BCUT2D eigenvalue weighted by atomic mass is 32.2. The Bertz CT molecular complexity index is 714. The Morgan fingerprint density at radius 2 is 2.24 bits per heavy atom. The summed E-state index contributed by atoms with van der Waals surface area (Å²) in [6.07, 6.45) is 3.57. The summed E-state index contributed by atoms with van der Waals surface area (Å²) >= 11 is 1.27. The molecule has 0 unspecified atom stereocenters. The molecule has 3 heterocycles. The second kappa shape index (κ2) is 5.82. The minimum atomic E-state index is -3.36. The van der Waals surface area contributed by atoms with Crippen LogP contribution in [0, 0.1) is 6.92 Å². The summed E-state index contributed by atoms with van der Waals surface area (Å²) in [4.78, 5) is 8.55. The van der Waals surface area contributed by atoms with E-state index in [0.717, 1.165) is 24.4 Å². The number of aromatic nitrogens is 2. The summed E-state index contributed by atoms with van der Waals surface area (Å²) in [7, 11) is -3.36. The molecule has 2 aromatic heterocycles. The molecule has 0 saturated carbocycles. The highest BCUT2D eigenvalue weighted by molar-refractivity contribution is 7.91. The molecule has 1 saturated heterocycles. The summed E-state index contributed by atoms with van der Waals surface area (Å²) < 4.78 is 27.2. The Labute approximate surface area is 128 Å². The molecule has 1 aliphatic rings. The number of nitrogens with zero attached hydrogens (tertiary/aromatic N) is 3. The molecular formula is C14H17N3O2S2. The molecule has 0 aliphatic carbocycles. The zero-order valence-corrected chi connectivity index (χ0v) is 13.4. The van der Waals surface area contributed by atoms with E-state index in [9.17, 15) is 8.42 Å². The van der Waals surface area contributed by atoms with E-state index in [4.69, 9.17) is 0 Å². The van der Waals surface area contributed by atoms with Crippen molar-refractivity contribution < 1.29 is 8.42 Å². The van der Waals surface area contributed by atoms with Gasteiger partial charge in [0, 0.05) is 30.9 Å². The van der Waals surface area contributed by atoms with Crippen molar-refractivity contribution in [2.75, 3.05) is 13.1 Å². The second-order valence-corrected chi connectivity index (χ2v) is 8.28. The largest absolute Gasteiger partial charge is 0.252 e. The van der Waals surface area contributed by atoms with E-state index in [-0.39, 0.29) is 5.92 Å². The van der Waals surface area contributed by atoms with Gasteiger partial charge in [0.2, 0.25) is 0 Å². The molecule has 0 bridgehead atoms. The van der Waals surface area contributed by atoms with Crippen molar-refractivity contribution in [3.63, 3.8) is 0 Å². The van der Waals surface area contributed by atoms with Gasteiger partial charge in [-0.25, -0.2) is 18.4 Å². The molecule has 1 fully saturated rings. The van der Waals surface area contributed by atoms with E-state index in [1.165, 1.54) is 11.3 Å². The van der Waals surface area contributed by atoms with E-state index in [1.807, 2.05) is 13.0 Å². The molecule has 5 nitrogen and oxygen atoms in total. The van der Waals surface area contributed by atoms with Crippen molar-refractivity contribution in [1.82, 2.24) is 14.3 Å². The van der Waals surface area contributed by atoms with Crippen molar-refractivity contribution in [3.8, 4) is 0 Å². The minimum absolute atomic E-state index is 0.148. The smallest absolute Gasteiger partial charge is 0.242 e. The van der Waals surface area contributed by atoms with Crippen molar-refractivity contribution in [2.24, 2.45) is 0 Å². The quantitative estimate of drug-likeness (QED) is 0.870. The molecule has 0 aromatic carbocycles. The van der Waals surface area contributed by atoms with Crippen LogP contribution in [-0.4, -0.2) is 35.8 Å². The Balaban J connectivity index is 1.83. The van der Waals surface area contributed by atoms with Gasteiger partial charge in [0.05, 0.1) is 0 Å². The SMILES string of the molecule is Cc1nccc([C@H]2CCCN(S(=O)(=O)c3cccs3)C2)n1. The van der Waals surface area contributed by atoms with Gasteiger partial charge in [0.15, 0.2) is 0 Å². The first-order valence-corrected chi connectivity index (χ1v) is 9.22. The third kappa shape index (κ3) is 3.00. The van der Waals surface area contributed by atoms with Crippen LogP contribution in [0.25, 0.3) is 0 Å². The number of rotatable bonds is 3. The van der Waals surface area contributed by atoms with Crippen molar-refractivity contribution in [2.45, 2.75) is 29.9 Å². The van der Waals surface area contributed by atoms with Crippen molar-refractivity contribution in [1.29, 1.82) is 0 Å². The third-order valence-corrected chi connectivity index (χ3v) is 6.93. The van der Waals surface area contributed by atoms with Gasteiger partial charge in [0.25, 0.3) is 10.0 Å². The Hall–Kier alpha value is -1.31. The predicted molar refractivity (Wildman–Crippen MR) is 81.8 cm³/mol. The van der Waals surface area contributed by atoms with Crippen LogP contribution < -0.4 is 0 Å². The zero-order chi connectivity index (χ0) is 14.9. The number of sulfonamides is 1. The first-order valence-electron chi connectivity index (χ1n) is 6.90. The van der Waals surface area contributed by atoms with Crippen LogP contribution >= 0.6 is 11.3 Å². The van der Waals surface area contributed by atoms with Crippen LogP contribution in [0.1, 0.15) is 30.3 Å². The highest BCUT2D eigenvalue weighted by Crippen LogP contribution is 2.30. The first-order chi connectivity index (χ1) is 10.1. The van der Waals surface area contributed by atoms with Gasteiger partial charge in [0.1, 0.15) is 10.0 Å². The van der Waals surface area contributed by atoms with Crippen LogP contribution in [0.3, 0.4) is 0 Å². The molecular weight excluding hydrogens is 306 g/mol. The normalized spacial score (nSPS) is 20.5. The van der Waals surface area contributed by atoms with Gasteiger partial charge in [-0.1, -0.05) is 6.07 Å². The van der Waals surface area contributed by atoms with E-state index in [2.05, 4.69) is 9.97 Å². The average Bonchev–Trinajstić information content (AvgIpc) is 3.02. The molecule has 3 rings (SSSR count). The fourth-order valence-electron chi connectivity index (χ4n) is 2.64. The monoisotopic (exact) mass is 323 g/mol. The standard InChI is InChI=1S/C14H17N3O2S2/c1-11-15-7-6-13(16-11)12-4-2-8-17(10-12)21(18,19)14-5-3-9-20-14/h3,5-7,9,12H,2,4,8,10H2,1H3/t12-/m0/s1. The molecule has 0 radical (unpaired) electrons. The van der Waals surface area contributed by atoms with Gasteiger partial charge < -0.3 is 0 Å². The van der Waals surface area contributed by atoms with Gasteiger partial charge >= 0.3 is 0 Å². The lowest BCUT2D eigenvalue weighted by atomic mass is 9.96. The highest BCUT2D eigenvalue weighted by Gasteiger charge is 2.31. The Morgan fingerprint density at radius 3 is 2.95 bits per heavy atom. The van der Waals surface area contributed by atoms with Crippen LogP contribution in [0.5, 0.6) is 0 Å². The Morgan fingerprint density at radius 1 is 1.38 bits per heavy atom. The molecule has 112 valence electrons. The summed E-state index contributed by atoms with van der Waals surface area (Å²) in [6, 6.07) is 5.32.